The molecular formula is C23H32N2O5. The summed E-state index contributed by atoms with van der Waals surface area (Å²) in [6, 6.07) is 5.15. The van der Waals surface area contributed by atoms with Crippen LogP contribution in [0.5, 0.6) is 11.5 Å². The quantitative estimate of drug-likeness (QED) is 0.307. The van der Waals surface area contributed by atoms with Gasteiger partial charge >= 0.3 is 6.09 Å². The Morgan fingerprint density at radius 2 is 1.70 bits per heavy atom. The van der Waals surface area contributed by atoms with Crippen LogP contribution in [0.4, 0.5) is 4.79 Å². The van der Waals surface area contributed by atoms with Gasteiger partial charge in [-0.25, -0.2) is 4.79 Å². The smallest absolute Gasteiger partial charge is 0.407 e. The number of carbonyl (C=O) groups is 2. The summed E-state index contributed by atoms with van der Waals surface area (Å²) in [5.74, 6) is 0.712. The Kier molecular flexibility index (Phi) is 10.2. The zero-order chi connectivity index (χ0) is 22.6. The Hall–Kier alpha value is -3.22. The standard InChI is InChI=1S/C23H32N2O5/c1-7-13-28-19-11-10-18(16-20(19)29-14-8-2)17(3)21(26)24-12-9-15-30-22(27)25-23(4,5)6/h7-8,10-11,16H,1-3,9,12-15H2,4-6H3,(H,24,26)(H,25,27). The molecule has 1 rings (SSSR count). The number of alkyl carbamates (subject to hydrolysis) is 1. The fourth-order valence-electron chi connectivity index (χ4n) is 2.24. The number of rotatable bonds is 12. The van der Waals surface area contributed by atoms with Crippen LogP contribution in [0.1, 0.15) is 32.8 Å². The highest BCUT2D eigenvalue weighted by Gasteiger charge is 2.15. The molecule has 0 atom stereocenters. The molecule has 30 heavy (non-hydrogen) atoms. The van der Waals surface area contributed by atoms with E-state index in [0.717, 1.165) is 0 Å². The van der Waals surface area contributed by atoms with E-state index in [9.17, 15) is 9.59 Å². The topological polar surface area (TPSA) is 85.9 Å². The number of ether oxygens (including phenoxy) is 3. The molecule has 0 aliphatic heterocycles. The summed E-state index contributed by atoms with van der Waals surface area (Å²) >= 11 is 0. The number of benzene rings is 1. The fraction of sp³-hybridized carbons (Fsp3) is 0.391. The Bertz CT molecular complexity index is 765. The van der Waals surface area contributed by atoms with E-state index in [1.165, 1.54) is 0 Å². The number of nitrogens with one attached hydrogen (secondary N) is 2. The molecule has 0 aromatic heterocycles. The lowest BCUT2D eigenvalue weighted by Gasteiger charge is -2.19. The minimum Gasteiger partial charge on any atom is -0.486 e. The molecule has 2 amide bonds. The molecule has 1 aromatic carbocycles. The van der Waals surface area contributed by atoms with Gasteiger partial charge in [-0.1, -0.05) is 38.0 Å². The van der Waals surface area contributed by atoms with Crippen molar-refractivity contribution in [2.75, 3.05) is 26.4 Å². The first-order valence-electron chi connectivity index (χ1n) is 9.71. The highest BCUT2D eigenvalue weighted by Crippen LogP contribution is 2.31. The summed E-state index contributed by atoms with van der Waals surface area (Å²) < 4.78 is 16.3. The lowest BCUT2D eigenvalue weighted by atomic mass is 10.1. The van der Waals surface area contributed by atoms with Crippen LogP contribution in [0.25, 0.3) is 5.57 Å². The molecule has 0 saturated carbocycles. The normalized spacial score (nSPS) is 10.5. The molecule has 7 heteroatoms. The summed E-state index contributed by atoms with van der Waals surface area (Å²) in [6.07, 6.45) is 3.26. The SMILES string of the molecule is C=CCOc1ccc(C(=C)C(=O)NCCCOC(=O)NC(C)(C)C)cc1OCC=C. The van der Waals surface area contributed by atoms with Gasteiger partial charge in [0.15, 0.2) is 11.5 Å². The van der Waals surface area contributed by atoms with E-state index in [-0.39, 0.29) is 18.1 Å². The molecule has 1 aromatic rings. The van der Waals surface area contributed by atoms with Gasteiger partial charge < -0.3 is 24.8 Å². The van der Waals surface area contributed by atoms with Gasteiger partial charge in [0.05, 0.1) is 6.61 Å². The van der Waals surface area contributed by atoms with E-state index >= 15 is 0 Å². The van der Waals surface area contributed by atoms with E-state index in [4.69, 9.17) is 14.2 Å². The molecule has 0 aliphatic carbocycles. The van der Waals surface area contributed by atoms with E-state index in [1.807, 2.05) is 20.8 Å². The van der Waals surface area contributed by atoms with Crippen molar-refractivity contribution in [3.05, 3.63) is 55.7 Å². The van der Waals surface area contributed by atoms with Crippen molar-refractivity contribution in [2.24, 2.45) is 0 Å². The molecule has 0 heterocycles. The third kappa shape index (κ3) is 9.32. The molecule has 7 nitrogen and oxygen atoms in total. The summed E-state index contributed by atoms with van der Waals surface area (Å²) in [6.45, 7) is 17.9. The van der Waals surface area contributed by atoms with Gasteiger partial charge in [-0.15, -0.1) is 0 Å². The average molecular weight is 417 g/mol. The van der Waals surface area contributed by atoms with E-state index in [2.05, 4.69) is 30.4 Å². The zero-order valence-electron chi connectivity index (χ0n) is 18.1. The minimum absolute atomic E-state index is 0.198. The van der Waals surface area contributed by atoms with E-state index < -0.39 is 6.09 Å². The monoisotopic (exact) mass is 416 g/mol. The second-order valence-corrected chi connectivity index (χ2v) is 7.46. The van der Waals surface area contributed by atoms with Crippen molar-refractivity contribution in [1.82, 2.24) is 10.6 Å². The van der Waals surface area contributed by atoms with Crippen molar-refractivity contribution in [1.29, 1.82) is 0 Å². The third-order valence-electron chi connectivity index (χ3n) is 3.60. The van der Waals surface area contributed by atoms with Gasteiger partial charge in [0.25, 0.3) is 5.91 Å². The molecule has 164 valence electrons. The lowest BCUT2D eigenvalue weighted by Crippen LogP contribution is -2.41. The summed E-state index contributed by atoms with van der Waals surface area (Å²) in [4.78, 5) is 24.0. The van der Waals surface area contributed by atoms with Gasteiger partial charge in [-0.3, -0.25) is 4.79 Å². The summed E-state index contributed by atoms with van der Waals surface area (Å²) in [5.41, 5.74) is 0.544. The maximum Gasteiger partial charge on any atom is 0.407 e. The van der Waals surface area contributed by atoms with Crippen LogP contribution in [0.15, 0.2) is 50.1 Å². The highest BCUT2D eigenvalue weighted by molar-refractivity contribution is 6.18. The van der Waals surface area contributed by atoms with Gasteiger partial charge in [0.2, 0.25) is 0 Å². The maximum atomic E-state index is 12.4. The van der Waals surface area contributed by atoms with Crippen LogP contribution in [0.3, 0.4) is 0 Å². The molecule has 0 saturated heterocycles. The number of hydrogen-bond donors (Lipinski definition) is 2. The van der Waals surface area contributed by atoms with Crippen LogP contribution < -0.4 is 20.1 Å². The average Bonchev–Trinajstić information content (AvgIpc) is 2.68. The predicted octanol–water partition coefficient (Wildman–Crippen LogP) is 3.86. The molecule has 0 spiro atoms. The molecule has 0 aliphatic rings. The largest absolute Gasteiger partial charge is 0.486 e. The van der Waals surface area contributed by atoms with E-state index in [0.29, 0.717) is 48.8 Å². The van der Waals surface area contributed by atoms with Crippen LogP contribution in [-0.4, -0.2) is 43.9 Å². The Balaban J connectivity index is 2.56. The van der Waals surface area contributed by atoms with Gasteiger partial charge in [0, 0.05) is 17.7 Å². The van der Waals surface area contributed by atoms with Crippen molar-refractivity contribution in [3.8, 4) is 11.5 Å². The molecular weight excluding hydrogens is 384 g/mol. The van der Waals surface area contributed by atoms with Crippen molar-refractivity contribution in [2.45, 2.75) is 32.7 Å². The van der Waals surface area contributed by atoms with Gasteiger partial charge in [-0.2, -0.15) is 0 Å². The highest BCUT2D eigenvalue weighted by atomic mass is 16.5. The Labute approximate surface area is 178 Å². The molecule has 2 N–H and O–H groups in total. The summed E-state index contributed by atoms with van der Waals surface area (Å²) in [7, 11) is 0. The van der Waals surface area contributed by atoms with Crippen LogP contribution in [0, 0.1) is 0 Å². The molecule has 0 radical (unpaired) electrons. The summed E-state index contributed by atoms with van der Waals surface area (Å²) in [5, 5.41) is 5.46. The van der Waals surface area contributed by atoms with Crippen molar-refractivity contribution >= 4 is 17.6 Å². The number of hydrogen-bond acceptors (Lipinski definition) is 5. The predicted molar refractivity (Wildman–Crippen MR) is 119 cm³/mol. The second-order valence-electron chi connectivity index (χ2n) is 7.46. The maximum absolute atomic E-state index is 12.4. The first-order chi connectivity index (χ1) is 14.2. The van der Waals surface area contributed by atoms with Crippen LogP contribution in [0.2, 0.25) is 0 Å². The first kappa shape index (κ1) is 24.8. The molecule has 0 fully saturated rings. The van der Waals surface area contributed by atoms with E-state index in [1.54, 1.807) is 30.4 Å². The number of carbonyl (C=O) groups excluding carboxylic acids is 2. The Morgan fingerprint density at radius 3 is 2.30 bits per heavy atom. The first-order valence-corrected chi connectivity index (χ1v) is 9.71. The third-order valence-corrected chi connectivity index (χ3v) is 3.60. The minimum atomic E-state index is -0.482. The van der Waals surface area contributed by atoms with Gasteiger partial charge in [0.1, 0.15) is 13.2 Å². The second kappa shape index (κ2) is 12.4. The lowest BCUT2D eigenvalue weighted by molar-refractivity contribution is -0.115. The molecule has 0 unspecified atom stereocenters. The van der Waals surface area contributed by atoms with Crippen LogP contribution in [-0.2, 0) is 9.53 Å². The van der Waals surface area contributed by atoms with Crippen molar-refractivity contribution in [3.63, 3.8) is 0 Å². The van der Waals surface area contributed by atoms with Crippen LogP contribution >= 0.6 is 0 Å². The molecule has 0 bridgehead atoms. The fourth-order valence-corrected chi connectivity index (χ4v) is 2.24. The van der Waals surface area contributed by atoms with Crippen molar-refractivity contribution < 1.29 is 23.8 Å². The zero-order valence-corrected chi connectivity index (χ0v) is 18.1. The Morgan fingerprint density at radius 1 is 1.07 bits per heavy atom. The van der Waals surface area contributed by atoms with Gasteiger partial charge in [-0.05, 0) is 44.9 Å². The number of amides is 2.